The van der Waals surface area contributed by atoms with Crippen molar-refractivity contribution in [1.29, 1.82) is 0 Å². The number of anilines is 1. The number of pyridine rings is 1. The van der Waals surface area contributed by atoms with Crippen LogP contribution >= 0.6 is 0 Å². The third-order valence-electron chi connectivity index (χ3n) is 2.76. The maximum Gasteiger partial charge on any atom is 0.214 e. The topological polar surface area (TPSA) is 24.9 Å². The number of halogens is 1. The lowest BCUT2D eigenvalue weighted by Crippen LogP contribution is -2.33. The minimum Gasteiger partial charge on any atom is -0.365 e. The second-order valence-corrected chi connectivity index (χ2v) is 4.47. The van der Waals surface area contributed by atoms with Crippen molar-refractivity contribution in [3.05, 3.63) is 24.1 Å². The molecule has 76 valence electrons. The van der Waals surface area contributed by atoms with E-state index in [1.165, 1.54) is 18.9 Å². The molecule has 0 unspecified atom stereocenters. The van der Waals surface area contributed by atoms with Crippen LogP contribution < -0.4 is 5.32 Å². The average Bonchev–Trinajstić information content (AvgIpc) is 2.84. The highest BCUT2D eigenvalue weighted by molar-refractivity contribution is 5.37. The van der Waals surface area contributed by atoms with Gasteiger partial charge in [0.05, 0.1) is 0 Å². The van der Waals surface area contributed by atoms with Crippen molar-refractivity contribution in [2.24, 2.45) is 5.92 Å². The summed E-state index contributed by atoms with van der Waals surface area (Å²) in [5.41, 5.74) is 0.0286. The Kier molecular flexibility index (Phi) is 2.17. The van der Waals surface area contributed by atoms with E-state index >= 15 is 0 Å². The molecule has 1 fully saturated rings. The van der Waals surface area contributed by atoms with Gasteiger partial charge in [0.25, 0.3) is 0 Å². The number of hydrogen-bond acceptors (Lipinski definition) is 2. The Morgan fingerprint density at radius 3 is 2.71 bits per heavy atom. The first kappa shape index (κ1) is 9.44. The molecule has 3 heteroatoms. The zero-order valence-corrected chi connectivity index (χ0v) is 8.55. The summed E-state index contributed by atoms with van der Waals surface area (Å²) in [6, 6.07) is 4.83. The van der Waals surface area contributed by atoms with Crippen LogP contribution in [0.25, 0.3) is 0 Å². The van der Waals surface area contributed by atoms with Crippen LogP contribution in [0.2, 0.25) is 0 Å². The molecule has 0 spiro atoms. The van der Waals surface area contributed by atoms with Gasteiger partial charge in [0.1, 0.15) is 5.82 Å². The molecule has 0 bridgehead atoms. The quantitative estimate of drug-likeness (QED) is 0.748. The second-order valence-electron chi connectivity index (χ2n) is 4.47. The summed E-state index contributed by atoms with van der Waals surface area (Å²) in [7, 11) is 0. The van der Waals surface area contributed by atoms with E-state index in [0.29, 0.717) is 11.7 Å². The molecule has 2 nitrogen and oxygen atoms in total. The lowest BCUT2D eigenvalue weighted by molar-refractivity contribution is 0.490. The normalized spacial score (nSPS) is 16.8. The highest BCUT2D eigenvalue weighted by Gasteiger charge is 2.37. The van der Waals surface area contributed by atoms with Gasteiger partial charge in [0, 0.05) is 5.54 Å². The number of nitrogens with one attached hydrogen (secondary N) is 1. The van der Waals surface area contributed by atoms with Crippen LogP contribution in [0, 0.1) is 11.9 Å². The lowest BCUT2D eigenvalue weighted by atomic mass is 9.99. The molecule has 14 heavy (non-hydrogen) atoms. The summed E-state index contributed by atoms with van der Waals surface area (Å²) in [6.07, 6.45) is 2.52. The summed E-state index contributed by atoms with van der Waals surface area (Å²) in [4.78, 5) is 3.79. The Morgan fingerprint density at radius 2 is 2.14 bits per heavy atom. The maximum absolute atomic E-state index is 12.8. The Morgan fingerprint density at radius 1 is 1.43 bits per heavy atom. The van der Waals surface area contributed by atoms with E-state index in [2.05, 4.69) is 24.1 Å². The molecule has 0 aliphatic heterocycles. The summed E-state index contributed by atoms with van der Waals surface area (Å²) in [5, 5.41) is 3.27. The predicted molar refractivity (Wildman–Crippen MR) is 54.6 cm³/mol. The smallest absolute Gasteiger partial charge is 0.214 e. The first-order valence-corrected chi connectivity index (χ1v) is 4.99. The van der Waals surface area contributed by atoms with Gasteiger partial charge in [-0.15, -0.1) is 0 Å². The van der Waals surface area contributed by atoms with Crippen LogP contribution in [-0.2, 0) is 0 Å². The van der Waals surface area contributed by atoms with E-state index in [-0.39, 0.29) is 5.54 Å². The van der Waals surface area contributed by atoms with Crippen molar-refractivity contribution in [3.63, 3.8) is 0 Å². The van der Waals surface area contributed by atoms with E-state index in [4.69, 9.17) is 0 Å². The number of rotatable bonds is 3. The third-order valence-corrected chi connectivity index (χ3v) is 2.76. The van der Waals surface area contributed by atoms with Crippen LogP contribution in [0.4, 0.5) is 10.2 Å². The minimum atomic E-state index is -0.429. The van der Waals surface area contributed by atoms with Crippen molar-refractivity contribution in [3.8, 4) is 0 Å². The highest BCUT2D eigenvalue weighted by atomic mass is 19.1. The van der Waals surface area contributed by atoms with Gasteiger partial charge in [-0.1, -0.05) is 6.07 Å². The molecule has 0 aromatic carbocycles. The van der Waals surface area contributed by atoms with Crippen LogP contribution in [0.15, 0.2) is 18.2 Å². The molecule has 1 N–H and O–H groups in total. The maximum atomic E-state index is 12.8. The molecule has 0 amide bonds. The van der Waals surface area contributed by atoms with E-state index in [1.807, 2.05) is 0 Å². The average molecular weight is 194 g/mol. The fraction of sp³-hybridized carbons (Fsp3) is 0.545. The molecular weight excluding hydrogens is 179 g/mol. The molecule has 2 rings (SSSR count). The fourth-order valence-electron chi connectivity index (χ4n) is 1.72. The zero-order valence-electron chi connectivity index (χ0n) is 8.55. The summed E-state index contributed by atoms with van der Waals surface area (Å²) >= 11 is 0. The monoisotopic (exact) mass is 194 g/mol. The van der Waals surface area contributed by atoms with Gasteiger partial charge in [-0.25, -0.2) is 4.98 Å². The van der Waals surface area contributed by atoms with E-state index < -0.39 is 5.95 Å². The Hall–Kier alpha value is -1.12. The first-order chi connectivity index (χ1) is 6.58. The van der Waals surface area contributed by atoms with Gasteiger partial charge < -0.3 is 5.32 Å². The number of nitrogens with zero attached hydrogens (tertiary/aromatic N) is 1. The van der Waals surface area contributed by atoms with Crippen LogP contribution in [0.1, 0.15) is 26.7 Å². The second kappa shape index (κ2) is 3.23. The molecule has 1 saturated carbocycles. The Balaban J connectivity index is 2.09. The van der Waals surface area contributed by atoms with E-state index in [9.17, 15) is 4.39 Å². The molecule has 1 heterocycles. The van der Waals surface area contributed by atoms with Crippen molar-refractivity contribution in [1.82, 2.24) is 4.98 Å². The number of hydrogen-bond donors (Lipinski definition) is 1. The van der Waals surface area contributed by atoms with Crippen LogP contribution in [0.5, 0.6) is 0 Å². The van der Waals surface area contributed by atoms with Crippen molar-refractivity contribution in [2.75, 3.05) is 5.32 Å². The van der Waals surface area contributed by atoms with Crippen LogP contribution in [-0.4, -0.2) is 10.5 Å². The predicted octanol–water partition coefficient (Wildman–Crippen LogP) is 2.82. The van der Waals surface area contributed by atoms with E-state index in [0.717, 1.165) is 0 Å². The molecule has 0 atom stereocenters. The summed E-state index contributed by atoms with van der Waals surface area (Å²) in [6.45, 7) is 4.27. The van der Waals surface area contributed by atoms with Gasteiger partial charge in [0.2, 0.25) is 5.95 Å². The van der Waals surface area contributed by atoms with Crippen molar-refractivity contribution < 1.29 is 4.39 Å². The fourth-order valence-corrected chi connectivity index (χ4v) is 1.72. The zero-order chi connectivity index (χ0) is 10.2. The molecule has 1 aromatic rings. The van der Waals surface area contributed by atoms with E-state index in [1.54, 1.807) is 12.1 Å². The molecular formula is C11H15FN2. The highest BCUT2D eigenvalue weighted by Crippen LogP contribution is 2.40. The van der Waals surface area contributed by atoms with Crippen LogP contribution in [0.3, 0.4) is 0 Å². The van der Waals surface area contributed by atoms with Gasteiger partial charge in [0.15, 0.2) is 0 Å². The van der Waals surface area contributed by atoms with Crippen molar-refractivity contribution >= 4 is 5.82 Å². The van der Waals surface area contributed by atoms with Gasteiger partial charge in [-0.3, -0.25) is 0 Å². The third kappa shape index (κ3) is 2.03. The van der Waals surface area contributed by atoms with Crippen molar-refractivity contribution in [2.45, 2.75) is 32.2 Å². The molecule has 0 saturated heterocycles. The summed E-state index contributed by atoms with van der Waals surface area (Å²) < 4.78 is 12.8. The first-order valence-electron chi connectivity index (χ1n) is 4.99. The Bertz CT molecular complexity index is 332. The minimum absolute atomic E-state index is 0.0286. The SMILES string of the molecule is CC(C)(Nc1cccc(F)n1)C1CC1. The molecule has 0 radical (unpaired) electrons. The van der Waals surface area contributed by atoms with Gasteiger partial charge >= 0.3 is 0 Å². The Labute approximate surface area is 83.6 Å². The molecule has 1 aromatic heterocycles. The summed E-state index contributed by atoms with van der Waals surface area (Å²) in [5.74, 6) is 0.899. The molecule has 1 aliphatic rings. The molecule has 1 aliphatic carbocycles. The van der Waals surface area contributed by atoms with Gasteiger partial charge in [-0.05, 0) is 44.7 Å². The largest absolute Gasteiger partial charge is 0.365 e. The van der Waals surface area contributed by atoms with Gasteiger partial charge in [-0.2, -0.15) is 4.39 Å². The lowest BCUT2D eigenvalue weighted by Gasteiger charge is -2.26. The standard InChI is InChI=1S/C11H15FN2/c1-11(2,8-6-7-8)14-10-5-3-4-9(12)13-10/h3-5,8H,6-7H2,1-2H3,(H,13,14). The number of aromatic nitrogens is 1.